The molecule has 3 aromatic rings. The molecule has 0 saturated carbocycles. The second-order valence-corrected chi connectivity index (χ2v) is 12.4. The van der Waals surface area contributed by atoms with Crippen LogP contribution in [0.5, 0.6) is 0 Å². The quantitative estimate of drug-likeness (QED) is 0.434. The zero-order valence-electron chi connectivity index (χ0n) is 18.2. The van der Waals surface area contributed by atoms with Crippen LogP contribution in [-0.4, -0.2) is 30.9 Å². The Morgan fingerprint density at radius 3 is 2.52 bits per heavy atom. The Labute approximate surface area is 193 Å². The number of sulfone groups is 1. The van der Waals surface area contributed by atoms with E-state index in [4.69, 9.17) is 11.6 Å². The highest BCUT2D eigenvalue weighted by Crippen LogP contribution is 2.37. The molecule has 0 fully saturated rings. The minimum absolute atomic E-state index is 0.00129. The third-order valence-electron chi connectivity index (χ3n) is 5.05. The molecule has 0 radical (unpaired) electrons. The first kappa shape index (κ1) is 23.9. The van der Waals surface area contributed by atoms with Crippen LogP contribution in [0.2, 0.25) is 5.02 Å². The van der Waals surface area contributed by atoms with Gasteiger partial charge in [0, 0.05) is 32.8 Å². The van der Waals surface area contributed by atoms with Gasteiger partial charge >= 0.3 is 0 Å². The van der Waals surface area contributed by atoms with Gasteiger partial charge in [0.1, 0.15) is 0 Å². The molecule has 0 bridgehead atoms. The van der Waals surface area contributed by atoms with Gasteiger partial charge in [0.15, 0.2) is 9.84 Å². The Hall–Kier alpha value is -1.73. The van der Waals surface area contributed by atoms with Crippen LogP contribution in [0.25, 0.3) is 21.6 Å². The van der Waals surface area contributed by atoms with E-state index in [1.54, 1.807) is 23.6 Å². The van der Waals surface area contributed by atoms with E-state index in [9.17, 15) is 13.5 Å². The summed E-state index contributed by atoms with van der Waals surface area (Å²) >= 11 is 8.12. The molecule has 31 heavy (non-hydrogen) atoms. The fraction of sp³-hybridized carbons (Fsp3) is 0.375. The average molecular weight is 478 g/mol. The second kappa shape index (κ2) is 9.41. The van der Waals surface area contributed by atoms with Crippen molar-refractivity contribution < 1.29 is 13.5 Å². The maximum absolute atomic E-state index is 12.3. The molecular weight excluding hydrogens is 450 g/mol. The van der Waals surface area contributed by atoms with E-state index in [0.717, 1.165) is 27.3 Å². The summed E-state index contributed by atoms with van der Waals surface area (Å²) in [6, 6.07) is 11.5. The maximum Gasteiger partial charge on any atom is 0.154 e. The number of aliphatic hydroxyl groups is 1. The molecule has 0 aliphatic rings. The van der Waals surface area contributed by atoms with Crippen molar-refractivity contribution in [2.24, 2.45) is 5.92 Å². The third kappa shape index (κ3) is 5.95. The summed E-state index contributed by atoms with van der Waals surface area (Å²) in [5, 5.41) is 12.2. The van der Waals surface area contributed by atoms with Gasteiger partial charge in [0.05, 0.1) is 18.1 Å². The van der Waals surface area contributed by atoms with E-state index in [2.05, 4.69) is 16.4 Å². The van der Waals surface area contributed by atoms with E-state index >= 15 is 0 Å². The molecule has 0 saturated heterocycles. The Kier molecular flexibility index (Phi) is 7.26. The summed E-state index contributed by atoms with van der Waals surface area (Å²) in [5.41, 5.74) is 4.09. The topological polar surface area (TPSA) is 67.3 Å². The van der Waals surface area contributed by atoms with Gasteiger partial charge in [-0.2, -0.15) is 0 Å². The largest absolute Gasteiger partial charge is 0.395 e. The van der Waals surface area contributed by atoms with Gasteiger partial charge in [-0.05, 0) is 52.3 Å². The van der Waals surface area contributed by atoms with Gasteiger partial charge in [-0.1, -0.05) is 51.4 Å². The molecule has 1 N–H and O–H groups in total. The molecular formula is C24H28ClNO3S2. The predicted molar refractivity (Wildman–Crippen MR) is 130 cm³/mol. The number of thiophene rings is 1. The van der Waals surface area contributed by atoms with Gasteiger partial charge in [0.2, 0.25) is 0 Å². The first-order valence-corrected chi connectivity index (χ1v) is 13.2. The summed E-state index contributed by atoms with van der Waals surface area (Å²) in [7, 11) is -3.16. The van der Waals surface area contributed by atoms with Crippen LogP contribution in [0.4, 0.5) is 0 Å². The number of benzene rings is 1. The fourth-order valence-electron chi connectivity index (χ4n) is 3.36. The van der Waals surface area contributed by atoms with Crippen molar-refractivity contribution in [3.8, 4) is 21.6 Å². The van der Waals surface area contributed by atoms with Crippen LogP contribution in [0, 0.1) is 5.92 Å². The van der Waals surface area contributed by atoms with Gasteiger partial charge in [0.25, 0.3) is 0 Å². The number of aliphatic hydroxyl groups excluding tert-OH is 1. The zero-order chi connectivity index (χ0) is 22.8. The molecule has 0 amide bonds. The molecule has 4 nitrogen and oxygen atoms in total. The molecule has 1 aromatic carbocycles. The molecule has 0 spiro atoms. The van der Waals surface area contributed by atoms with E-state index < -0.39 is 15.3 Å². The molecule has 2 aromatic heterocycles. The zero-order valence-corrected chi connectivity index (χ0v) is 20.6. The lowest BCUT2D eigenvalue weighted by Gasteiger charge is -2.21. The molecule has 0 aliphatic heterocycles. The van der Waals surface area contributed by atoms with Crippen LogP contribution in [-0.2, 0) is 21.0 Å². The Balaban J connectivity index is 1.86. The first-order valence-electron chi connectivity index (χ1n) is 10.2. The number of halogens is 1. The van der Waals surface area contributed by atoms with Crippen LogP contribution >= 0.6 is 22.9 Å². The smallest absolute Gasteiger partial charge is 0.154 e. The normalized spacial score (nSPS) is 12.5. The highest BCUT2D eigenvalue weighted by Gasteiger charge is 2.22. The predicted octanol–water partition coefficient (Wildman–Crippen LogP) is 5.97. The van der Waals surface area contributed by atoms with Crippen molar-refractivity contribution in [2.45, 2.75) is 38.9 Å². The van der Waals surface area contributed by atoms with Crippen LogP contribution in [0.15, 0.2) is 48.0 Å². The highest BCUT2D eigenvalue weighted by atomic mass is 35.5. The number of hydrogen-bond acceptors (Lipinski definition) is 5. The molecule has 166 valence electrons. The summed E-state index contributed by atoms with van der Waals surface area (Å²) in [6.45, 7) is 7.74. The summed E-state index contributed by atoms with van der Waals surface area (Å²) in [4.78, 5) is 5.43. The van der Waals surface area contributed by atoms with Crippen molar-refractivity contribution in [1.82, 2.24) is 4.98 Å². The SMILES string of the molecule is CC(C)CS(=O)(=O)Cc1ccc(-c2cc(-c3ccnc(C(C)(C)CO)c3)cs2)c(Cl)c1. The molecule has 0 unspecified atom stereocenters. The number of hydrogen-bond donors (Lipinski definition) is 1. The van der Waals surface area contributed by atoms with Crippen molar-refractivity contribution >= 4 is 32.8 Å². The van der Waals surface area contributed by atoms with E-state index in [1.807, 2.05) is 52.0 Å². The second-order valence-electron chi connectivity index (χ2n) is 8.93. The van der Waals surface area contributed by atoms with Gasteiger partial charge in [-0.3, -0.25) is 4.98 Å². The molecule has 0 atom stereocenters. The summed E-state index contributed by atoms with van der Waals surface area (Å²) < 4.78 is 24.6. The number of nitrogens with zero attached hydrogens (tertiary/aromatic N) is 1. The van der Waals surface area contributed by atoms with Crippen molar-refractivity contribution in [3.63, 3.8) is 0 Å². The monoisotopic (exact) mass is 477 g/mol. The third-order valence-corrected chi connectivity index (χ3v) is 8.28. The van der Waals surface area contributed by atoms with E-state index in [1.165, 1.54) is 0 Å². The van der Waals surface area contributed by atoms with Crippen LogP contribution < -0.4 is 0 Å². The van der Waals surface area contributed by atoms with Gasteiger partial charge < -0.3 is 5.11 Å². The fourth-order valence-corrected chi connectivity index (χ4v) is 6.50. The first-order chi connectivity index (χ1) is 14.5. The molecule has 0 aliphatic carbocycles. The van der Waals surface area contributed by atoms with Gasteiger partial charge in [-0.25, -0.2) is 8.42 Å². The lowest BCUT2D eigenvalue weighted by atomic mass is 9.88. The van der Waals surface area contributed by atoms with E-state index in [-0.39, 0.29) is 24.0 Å². The minimum atomic E-state index is -3.16. The van der Waals surface area contributed by atoms with Gasteiger partial charge in [-0.15, -0.1) is 11.3 Å². The Morgan fingerprint density at radius 1 is 1.13 bits per heavy atom. The molecule has 2 heterocycles. The maximum atomic E-state index is 12.3. The van der Waals surface area contributed by atoms with Crippen molar-refractivity contribution in [3.05, 3.63) is 64.3 Å². The van der Waals surface area contributed by atoms with E-state index in [0.29, 0.717) is 10.6 Å². The summed E-state index contributed by atoms with van der Waals surface area (Å²) in [6.07, 6.45) is 1.76. The lowest BCUT2D eigenvalue weighted by molar-refractivity contribution is 0.215. The lowest BCUT2D eigenvalue weighted by Crippen LogP contribution is -2.23. The number of rotatable bonds is 8. The Morgan fingerprint density at radius 2 is 1.87 bits per heavy atom. The van der Waals surface area contributed by atoms with Crippen LogP contribution in [0.1, 0.15) is 39.0 Å². The van der Waals surface area contributed by atoms with Crippen LogP contribution in [0.3, 0.4) is 0 Å². The molecule has 3 rings (SSSR count). The summed E-state index contributed by atoms with van der Waals surface area (Å²) in [5.74, 6) is 0.268. The van der Waals surface area contributed by atoms with Crippen molar-refractivity contribution in [1.29, 1.82) is 0 Å². The highest BCUT2D eigenvalue weighted by molar-refractivity contribution is 7.90. The molecule has 7 heteroatoms. The number of pyridine rings is 1. The Bertz CT molecular complexity index is 1170. The van der Waals surface area contributed by atoms with Crippen molar-refractivity contribution in [2.75, 3.05) is 12.4 Å². The minimum Gasteiger partial charge on any atom is -0.395 e. The standard InChI is InChI=1S/C24H28ClNO3S2/c1-16(2)13-31(28,29)14-17-5-6-20(21(25)9-17)22-10-19(12-30-22)18-7-8-26-23(11-18)24(3,4)15-27/h5-12,16,27H,13-15H2,1-4H3. The average Bonchev–Trinajstić information content (AvgIpc) is 3.16. The number of aromatic nitrogens is 1.